The fourth-order valence-electron chi connectivity index (χ4n) is 3.70. The van der Waals surface area contributed by atoms with E-state index >= 15 is 0 Å². The van der Waals surface area contributed by atoms with Crippen molar-refractivity contribution >= 4 is 17.2 Å². The topological polar surface area (TPSA) is 71.5 Å². The van der Waals surface area contributed by atoms with E-state index in [0.29, 0.717) is 6.54 Å². The highest BCUT2D eigenvalue weighted by atomic mass is 32.1. The Bertz CT molecular complexity index is 960. The number of carbonyl (C=O) groups excluding carboxylic acids is 1. The van der Waals surface area contributed by atoms with Gasteiger partial charge in [-0.25, -0.2) is 4.98 Å². The molecule has 0 spiro atoms. The number of morpholine rings is 1. The van der Waals surface area contributed by atoms with Crippen molar-refractivity contribution in [2.45, 2.75) is 25.9 Å². The summed E-state index contributed by atoms with van der Waals surface area (Å²) in [6, 6.07) is 10.2. The fraction of sp³-hybridized carbons (Fsp3) is 0.391. The maximum atomic E-state index is 13.4. The van der Waals surface area contributed by atoms with Gasteiger partial charge in [0, 0.05) is 50.0 Å². The molecule has 0 saturated carbocycles. The lowest BCUT2D eigenvalue weighted by atomic mass is 10.1. The van der Waals surface area contributed by atoms with E-state index in [-0.39, 0.29) is 18.4 Å². The van der Waals surface area contributed by atoms with Crippen molar-refractivity contribution in [2.24, 2.45) is 0 Å². The van der Waals surface area contributed by atoms with E-state index in [1.165, 1.54) is 11.3 Å². The fourth-order valence-corrected chi connectivity index (χ4v) is 4.48. The van der Waals surface area contributed by atoms with Crippen LogP contribution in [0.3, 0.4) is 0 Å². The van der Waals surface area contributed by atoms with Crippen LogP contribution in [0.25, 0.3) is 10.7 Å². The summed E-state index contributed by atoms with van der Waals surface area (Å²) in [5.41, 5.74) is 2.63. The van der Waals surface area contributed by atoms with Gasteiger partial charge >= 0.3 is 0 Å². The Morgan fingerprint density at radius 1 is 1.23 bits per heavy atom. The van der Waals surface area contributed by atoms with E-state index in [9.17, 15) is 4.79 Å². The normalized spacial score (nSPS) is 15.5. The number of hydrogen-bond donors (Lipinski definition) is 0. The summed E-state index contributed by atoms with van der Waals surface area (Å²) in [5.74, 6) is 0.0839. The number of nitrogens with zero attached hydrogens (tertiary/aromatic N) is 5. The Balaban J connectivity index is 1.47. The molecule has 0 bridgehead atoms. The summed E-state index contributed by atoms with van der Waals surface area (Å²) in [7, 11) is 0. The molecule has 0 radical (unpaired) electrons. The Labute approximate surface area is 186 Å². The van der Waals surface area contributed by atoms with Crippen LogP contribution in [0.1, 0.15) is 18.2 Å². The van der Waals surface area contributed by atoms with Crippen molar-refractivity contribution in [1.82, 2.24) is 24.8 Å². The van der Waals surface area contributed by atoms with Gasteiger partial charge in [-0.05, 0) is 12.5 Å². The average Bonchev–Trinajstić information content (AvgIpc) is 3.28. The molecule has 162 valence electrons. The first kappa shape index (κ1) is 21.5. The van der Waals surface area contributed by atoms with Crippen LogP contribution in [0, 0.1) is 0 Å². The number of aromatic nitrogens is 3. The Hall–Kier alpha value is -2.68. The van der Waals surface area contributed by atoms with Crippen LogP contribution in [0.4, 0.5) is 0 Å². The van der Waals surface area contributed by atoms with Crippen LogP contribution in [0.5, 0.6) is 0 Å². The molecular formula is C23H27N5O2S. The molecule has 31 heavy (non-hydrogen) atoms. The summed E-state index contributed by atoms with van der Waals surface area (Å²) in [5, 5.41) is 2.72. The maximum absolute atomic E-state index is 13.4. The van der Waals surface area contributed by atoms with Crippen molar-refractivity contribution in [3.63, 3.8) is 0 Å². The van der Waals surface area contributed by atoms with Gasteiger partial charge in [0.2, 0.25) is 5.91 Å². The van der Waals surface area contributed by atoms with Gasteiger partial charge in [-0.2, -0.15) is 0 Å². The van der Waals surface area contributed by atoms with Crippen molar-refractivity contribution in [3.05, 3.63) is 65.6 Å². The van der Waals surface area contributed by atoms with Gasteiger partial charge in [-0.15, -0.1) is 11.3 Å². The molecule has 1 aromatic carbocycles. The molecule has 1 aliphatic heterocycles. The standard InChI is InChI=1S/C23H27N5O2S/c1-18(15-27-9-11-30-12-10-27)28(16-19-5-3-2-4-6-19)22(29)13-20-17-31-23(26-20)21-14-24-7-8-25-21/h2-8,14,17-18H,9-13,15-16H2,1H3. The van der Waals surface area contributed by atoms with Crippen LogP contribution in [-0.2, 0) is 22.5 Å². The zero-order valence-electron chi connectivity index (χ0n) is 17.7. The number of thiazole rings is 1. The summed E-state index contributed by atoms with van der Waals surface area (Å²) < 4.78 is 5.46. The molecule has 1 unspecified atom stereocenters. The molecule has 1 fully saturated rings. The first-order valence-corrected chi connectivity index (χ1v) is 11.4. The van der Waals surface area contributed by atoms with Gasteiger partial charge in [0.15, 0.2) is 0 Å². The number of amides is 1. The number of benzene rings is 1. The zero-order chi connectivity index (χ0) is 21.5. The molecule has 1 saturated heterocycles. The number of carbonyl (C=O) groups is 1. The van der Waals surface area contributed by atoms with Gasteiger partial charge in [0.05, 0.1) is 31.5 Å². The third kappa shape index (κ3) is 5.94. The summed E-state index contributed by atoms with van der Waals surface area (Å²) in [4.78, 5) is 30.7. The highest BCUT2D eigenvalue weighted by Crippen LogP contribution is 2.22. The molecule has 0 N–H and O–H groups in total. The second-order valence-electron chi connectivity index (χ2n) is 7.68. The minimum absolute atomic E-state index is 0.0839. The van der Waals surface area contributed by atoms with Crippen molar-refractivity contribution in [2.75, 3.05) is 32.8 Å². The monoisotopic (exact) mass is 437 g/mol. The molecule has 0 aliphatic carbocycles. The van der Waals surface area contributed by atoms with Gasteiger partial charge in [0.1, 0.15) is 10.7 Å². The predicted octanol–water partition coefficient (Wildman–Crippen LogP) is 2.89. The van der Waals surface area contributed by atoms with Crippen molar-refractivity contribution in [1.29, 1.82) is 0 Å². The quantitative estimate of drug-likeness (QED) is 0.540. The lowest BCUT2D eigenvalue weighted by Crippen LogP contribution is -2.48. The smallest absolute Gasteiger partial charge is 0.229 e. The van der Waals surface area contributed by atoms with E-state index in [4.69, 9.17) is 4.74 Å². The average molecular weight is 438 g/mol. The lowest BCUT2D eigenvalue weighted by molar-refractivity contribution is -0.133. The van der Waals surface area contributed by atoms with E-state index < -0.39 is 0 Å². The number of hydrogen-bond acceptors (Lipinski definition) is 7. The summed E-state index contributed by atoms with van der Waals surface area (Å²) >= 11 is 1.49. The van der Waals surface area contributed by atoms with Gasteiger partial charge in [0.25, 0.3) is 0 Å². The maximum Gasteiger partial charge on any atom is 0.229 e. The Morgan fingerprint density at radius 3 is 2.77 bits per heavy atom. The Kier molecular flexibility index (Phi) is 7.35. The molecule has 1 atom stereocenters. The molecule has 3 aromatic rings. The van der Waals surface area contributed by atoms with Gasteiger partial charge in [-0.1, -0.05) is 30.3 Å². The first-order valence-electron chi connectivity index (χ1n) is 10.5. The summed E-state index contributed by atoms with van der Waals surface area (Å²) in [6.07, 6.45) is 5.25. The second-order valence-corrected chi connectivity index (χ2v) is 8.54. The minimum atomic E-state index is 0.0839. The SMILES string of the molecule is CC(CN1CCOCC1)N(Cc1ccccc1)C(=O)Cc1csc(-c2cnccn2)n1. The van der Waals surface area contributed by atoms with E-state index in [1.54, 1.807) is 18.6 Å². The van der Waals surface area contributed by atoms with Gasteiger partial charge < -0.3 is 9.64 Å². The van der Waals surface area contributed by atoms with Crippen LogP contribution in [0.15, 0.2) is 54.3 Å². The molecule has 1 amide bonds. The summed E-state index contributed by atoms with van der Waals surface area (Å²) in [6.45, 7) is 6.88. The zero-order valence-corrected chi connectivity index (χ0v) is 18.5. The van der Waals surface area contributed by atoms with Crippen LogP contribution >= 0.6 is 11.3 Å². The molecule has 1 aliphatic rings. The Morgan fingerprint density at radius 2 is 2.03 bits per heavy atom. The second kappa shape index (κ2) is 10.6. The van der Waals surface area contributed by atoms with Crippen molar-refractivity contribution in [3.8, 4) is 10.7 Å². The van der Waals surface area contributed by atoms with Crippen molar-refractivity contribution < 1.29 is 9.53 Å². The van der Waals surface area contributed by atoms with Crippen LogP contribution in [-0.4, -0.2) is 69.5 Å². The van der Waals surface area contributed by atoms with Gasteiger partial charge in [-0.3, -0.25) is 19.7 Å². The number of ether oxygens (including phenoxy) is 1. The lowest BCUT2D eigenvalue weighted by Gasteiger charge is -2.35. The van der Waals surface area contributed by atoms with Crippen LogP contribution in [0.2, 0.25) is 0 Å². The van der Waals surface area contributed by atoms with Crippen LogP contribution < -0.4 is 0 Å². The minimum Gasteiger partial charge on any atom is -0.379 e. The van der Waals surface area contributed by atoms with E-state index in [1.807, 2.05) is 28.5 Å². The molecule has 2 aromatic heterocycles. The van der Waals surface area contributed by atoms with E-state index in [0.717, 1.165) is 54.8 Å². The molecule has 8 heteroatoms. The molecule has 4 rings (SSSR count). The third-order valence-electron chi connectivity index (χ3n) is 5.34. The molecule has 3 heterocycles. The molecular weight excluding hydrogens is 410 g/mol. The predicted molar refractivity (Wildman–Crippen MR) is 121 cm³/mol. The largest absolute Gasteiger partial charge is 0.379 e. The third-order valence-corrected chi connectivity index (χ3v) is 6.25. The first-order chi connectivity index (χ1) is 15.2. The highest BCUT2D eigenvalue weighted by molar-refractivity contribution is 7.13. The highest BCUT2D eigenvalue weighted by Gasteiger charge is 2.24. The molecule has 7 nitrogen and oxygen atoms in total. The number of rotatable bonds is 8. The van der Waals surface area contributed by atoms with E-state index in [2.05, 4.69) is 38.9 Å².